The predicted molar refractivity (Wildman–Crippen MR) is 76.5 cm³/mol. The second-order valence-corrected chi connectivity index (χ2v) is 5.88. The third-order valence-electron chi connectivity index (χ3n) is 4.10. The van der Waals surface area contributed by atoms with Gasteiger partial charge in [-0.25, -0.2) is 0 Å². The number of nitrogens with one attached hydrogen (secondary N) is 1. The molecule has 1 unspecified atom stereocenters. The normalized spacial score (nSPS) is 20.7. The van der Waals surface area contributed by atoms with Gasteiger partial charge in [0.15, 0.2) is 5.43 Å². The molecule has 2 aromatic heterocycles. The van der Waals surface area contributed by atoms with E-state index in [0.717, 1.165) is 18.0 Å². The molecule has 19 heavy (non-hydrogen) atoms. The van der Waals surface area contributed by atoms with E-state index >= 15 is 0 Å². The average Bonchev–Trinajstić information content (AvgIpc) is 2.95. The SMILES string of the molecule is CC(C)N1CCC(Cc2cn3ccc(=O)cc3[nH]2)C1. The zero-order chi connectivity index (χ0) is 13.4. The second kappa shape index (κ2) is 4.85. The Morgan fingerprint density at radius 3 is 3.05 bits per heavy atom. The monoisotopic (exact) mass is 259 g/mol. The van der Waals surface area contributed by atoms with Crippen LogP contribution in [0, 0.1) is 5.92 Å². The molecule has 2 aromatic rings. The summed E-state index contributed by atoms with van der Waals surface area (Å²) in [6.07, 6.45) is 6.27. The van der Waals surface area contributed by atoms with Crippen molar-refractivity contribution in [1.29, 1.82) is 0 Å². The maximum absolute atomic E-state index is 11.3. The van der Waals surface area contributed by atoms with E-state index in [1.165, 1.54) is 25.2 Å². The summed E-state index contributed by atoms with van der Waals surface area (Å²) in [5.74, 6) is 0.725. The first-order chi connectivity index (χ1) is 9.11. The molecule has 102 valence electrons. The zero-order valence-electron chi connectivity index (χ0n) is 11.6. The Bertz CT molecular complexity index is 626. The smallest absolute Gasteiger partial charge is 0.183 e. The van der Waals surface area contributed by atoms with Crippen LogP contribution in [0.15, 0.2) is 29.3 Å². The topological polar surface area (TPSA) is 40.5 Å². The van der Waals surface area contributed by atoms with Crippen molar-refractivity contribution in [2.24, 2.45) is 5.92 Å². The summed E-state index contributed by atoms with van der Waals surface area (Å²) in [6.45, 7) is 6.92. The van der Waals surface area contributed by atoms with Gasteiger partial charge in [0, 0.05) is 42.8 Å². The Morgan fingerprint density at radius 2 is 2.32 bits per heavy atom. The number of fused-ring (bicyclic) bond motifs is 1. The number of aromatic amines is 1. The highest BCUT2D eigenvalue weighted by molar-refractivity contribution is 5.39. The standard InChI is InChI=1S/C15H21N3O/c1-11(2)17-5-3-12(9-17)7-13-10-18-6-4-14(19)8-15(18)16-13/h4,6,8,10-12,16H,3,5,7,9H2,1-2H3. The lowest BCUT2D eigenvalue weighted by Gasteiger charge is -2.20. The van der Waals surface area contributed by atoms with Gasteiger partial charge >= 0.3 is 0 Å². The van der Waals surface area contributed by atoms with Crippen molar-refractivity contribution >= 4 is 5.65 Å². The van der Waals surface area contributed by atoms with Crippen LogP contribution in [0.4, 0.5) is 0 Å². The molecular weight excluding hydrogens is 238 g/mol. The van der Waals surface area contributed by atoms with Crippen molar-refractivity contribution in [2.45, 2.75) is 32.7 Å². The van der Waals surface area contributed by atoms with E-state index in [1.54, 1.807) is 12.1 Å². The predicted octanol–water partition coefficient (Wildman–Crippen LogP) is 1.90. The summed E-state index contributed by atoms with van der Waals surface area (Å²) in [7, 11) is 0. The van der Waals surface area contributed by atoms with Crippen molar-refractivity contribution in [2.75, 3.05) is 13.1 Å². The van der Waals surface area contributed by atoms with E-state index in [9.17, 15) is 4.79 Å². The van der Waals surface area contributed by atoms with E-state index < -0.39 is 0 Å². The van der Waals surface area contributed by atoms with Crippen molar-refractivity contribution in [3.05, 3.63) is 40.4 Å². The molecule has 1 aliphatic heterocycles. The average molecular weight is 259 g/mol. The fourth-order valence-electron chi connectivity index (χ4n) is 2.98. The minimum atomic E-state index is 0.0558. The van der Waals surface area contributed by atoms with Gasteiger partial charge in [0.1, 0.15) is 5.65 Å². The summed E-state index contributed by atoms with van der Waals surface area (Å²) in [5.41, 5.74) is 2.17. The second-order valence-electron chi connectivity index (χ2n) is 5.88. The number of likely N-dealkylation sites (tertiary alicyclic amines) is 1. The first-order valence-electron chi connectivity index (χ1n) is 7.06. The molecule has 4 heteroatoms. The van der Waals surface area contributed by atoms with Gasteiger partial charge in [-0.15, -0.1) is 0 Å². The molecular formula is C15H21N3O. The molecule has 0 radical (unpaired) electrons. The maximum atomic E-state index is 11.3. The van der Waals surface area contributed by atoms with Crippen LogP contribution in [0.2, 0.25) is 0 Å². The Labute approximate surface area is 113 Å². The third kappa shape index (κ3) is 2.59. The number of pyridine rings is 1. The van der Waals surface area contributed by atoms with E-state index in [-0.39, 0.29) is 5.43 Å². The van der Waals surface area contributed by atoms with Gasteiger partial charge in [-0.05, 0) is 39.2 Å². The van der Waals surface area contributed by atoms with Crippen LogP contribution in [0.5, 0.6) is 0 Å². The first kappa shape index (κ1) is 12.5. The molecule has 1 saturated heterocycles. The molecule has 0 spiro atoms. The largest absolute Gasteiger partial charge is 0.343 e. The molecule has 0 bridgehead atoms. The number of aromatic nitrogens is 2. The Morgan fingerprint density at radius 1 is 1.47 bits per heavy atom. The van der Waals surface area contributed by atoms with Gasteiger partial charge < -0.3 is 14.3 Å². The lowest BCUT2D eigenvalue weighted by atomic mass is 10.0. The van der Waals surface area contributed by atoms with Crippen LogP contribution in [0.25, 0.3) is 5.65 Å². The molecule has 0 saturated carbocycles. The first-order valence-corrected chi connectivity index (χ1v) is 7.06. The molecule has 3 rings (SSSR count). The van der Waals surface area contributed by atoms with E-state index in [4.69, 9.17) is 0 Å². The summed E-state index contributed by atoms with van der Waals surface area (Å²) in [6, 6.07) is 3.89. The molecule has 0 amide bonds. The molecule has 4 nitrogen and oxygen atoms in total. The Balaban J connectivity index is 1.74. The van der Waals surface area contributed by atoms with Gasteiger partial charge in [-0.2, -0.15) is 0 Å². The molecule has 1 aliphatic rings. The summed E-state index contributed by atoms with van der Waals surface area (Å²) in [4.78, 5) is 17.2. The lowest BCUT2D eigenvalue weighted by Crippen LogP contribution is -2.28. The van der Waals surface area contributed by atoms with Crippen LogP contribution in [0.1, 0.15) is 26.0 Å². The van der Waals surface area contributed by atoms with E-state index in [0.29, 0.717) is 6.04 Å². The Hall–Kier alpha value is -1.55. The van der Waals surface area contributed by atoms with E-state index in [1.807, 2.05) is 10.6 Å². The number of rotatable bonds is 3. The summed E-state index contributed by atoms with van der Waals surface area (Å²) in [5, 5.41) is 0. The van der Waals surface area contributed by atoms with Crippen molar-refractivity contribution in [3.63, 3.8) is 0 Å². The van der Waals surface area contributed by atoms with Gasteiger partial charge in [-0.3, -0.25) is 4.79 Å². The summed E-state index contributed by atoms with van der Waals surface area (Å²) >= 11 is 0. The molecule has 1 fully saturated rings. The highest BCUT2D eigenvalue weighted by Gasteiger charge is 2.24. The number of hydrogen-bond acceptors (Lipinski definition) is 2. The fourth-order valence-corrected chi connectivity index (χ4v) is 2.98. The van der Waals surface area contributed by atoms with Gasteiger partial charge in [0.05, 0.1) is 0 Å². The molecule has 0 aliphatic carbocycles. The summed E-state index contributed by atoms with van der Waals surface area (Å²) < 4.78 is 1.99. The highest BCUT2D eigenvalue weighted by Crippen LogP contribution is 2.22. The minimum absolute atomic E-state index is 0.0558. The van der Waals surface area contributed by atoms with Crippen LogP contribution in [-0.2, 0) is 6.42 Å². The maximum Gasteiger partial charge on any atom is 0.183 e. The molecule has 1 N–H and O–H groups in total. The van der Waals surface area contributed by atoms with Gasteiger partial charge in [0.2, 0.25) is 0 Å². The molecule has 0 aromatic carbocycles. The zero-order valence-corrected chi connectivity index (χ0v) is 11.6. The lowest BCUT2D eigenvalue weighted by molar-refractivity contribution is 0.265. The number of nitrogens with zero attached hydrogens (tertiary/aromatic N) is 2. The number of H-pyrrole nitrogens is 1. The van der Waals surface area contributed by atoms with Crippen LogP contribution < -0.4 is 5.43 Å². The number of imidazole rings is 1. The molecule has 3 heterocycles. The Kier molecular flexibility index (Phi) is 3.19. The molecule has 1 atom stereocenters. The van der Waals surface area contributed by atoms with Crippen molar-refractivity contribution < 1.29 is 0 Å². The number of hydrogen-bond donors (Lipinski definition) is 1. The highest BCUT2D eigenvalue weighted by atomic mass is 16.1. The van der Waals surface area contributed by atoms with Gasteiger partial charge in [-0.1, -0.05) is 0 Å². The fraction of sp³-hybridized carbons (Fsp3) is 0.533. The van der Waals surface area contributed by atoms with Crippen LogP contribution in [0.3, 0.4) is 0 Å². The quantitative estimate of drug-likeness (QED) is 0.914. The van der Waals surface area contributed by atoms with Crippen LogP contribution >= 0.6 is 0 Å². The van der Waals surface area contributed by atoms with E-state index in [2.05, 4.69) is 29.9 Å². The minimum Gasteiger partial charge on any atom is -0.343 e. The van der Waals surface area contributed by atoms with Crippen molar-refractivity contribution in [1.82, 2.24) is 14.3 Å². The van der Waals surface area contributed by atoms with Crippen molar-refractivity contribution in [3.8, 4) is 0 Å². The van der Waals surface area contributed by atoms with Gasteiger partial charge in [0.25, 0.3) is 0 Å². The van der Waals surface area contributed by atoms with Crippen LogP contribution in [-0.4, -0.2) is 33.4 Å². The third-order valence-corrected chi connectivity index (χ3v) is 4.10.